The average molecular weight is 123 g/mol. The Hall–Kier alpha value is 0.270. The Morgan fingerprint density at radius 2 is 2.14 bits per heavy atom. The van der Waals surface area contributed by atoms with Crippen molar-refractivity contribution in [2.45, 2.75) is 25.2 Å². The van der Waals surface area contributed by atoms with Gasteiger partial charge < -0.3 is 11.3 Å². The molecule has 0 rings (SSSR count). The molecule has 3 heteroatoms. The summed E-state index contributed by atoms with van der Waals surface area (Å²) in [6, 6.07) is 0. The molecule has 0 spiro atoms. The van der Waals surface area contributed by atoms with Gasteiger partial charge in [0.25, 0.3) is 0 Å². The Morgan fingerprint density at radius 3 is 2.14 bits per heavy atom. The predicted octanol–water partition coefficient (Wildman–Crippen LogP) is 1.20. The van der Waals surface area contributed by atoms with Gasteiger partial charge in [0.05, 0.1) is 5.44 Å². The summed E-state index contributed by atoms with van der Waals surface area (Å²) in [4.78, 5) is 0. The zero-order valence-corrected chi connectivity index (χ0v) is 5.49. The zero-order valence-electron chi connectivity index (χ0n) is 4.59. The van der Waals surface area contributed by atoms with E-state index in [1.165, 1.54) is 0 Å². The first-order chi connectivity index (χ1) is 2.77. The van der Waals surface area contributed by atoms with Gasteiger partial charge in [0.1, 0.15) is 0 Å². The van der Waals surface area contributed by atoms with Crippen molar-refractivity contribution in [2.75, 3.05) is 0 Å². The van der Waals surface area contributed by atoms with Crippen LogP contribution >= 0.6 is 12.6 Å². The summed E-state index contributed by atoms with van der Waals surface area (Å²) in [6.45, 7) is 2.01. The summed E-state index contributed by atoms with van der Waals surface area (Å²) in [5.74, 6) is 0. The topological polar surface area (TPSA) is 55.2 Å². The summed E-state index contributed by atoms with van der Waals surface area (Å²) in [5, 5.41) is 8.42. The minimum Gasteiger partial charge on any atom is -0.383 e. The van der Waals surface area contributed by atoms with Crippen molar-refractivity contribution >= 4 is 12.6 Å². The van der Waals surface area contributed by atoms with Crippen molar-refractivity contribution in [2.24, 2.45) is 0 Å². The van der Waals surface area contributed by atoms with Gasteiger partial charge in [-0.3, -0.25) is 0 Å². The molecule has 1 unspecified atom stereocenters. The molecule has 0 aliphatic heterocycles. The number of thiol groups is 1. The molecule has 0 aromatic rings. The van der Waals surface area contributed by atoms with Crippen LogP contribution in [-0.4, -0.2) is 10.5 Å². The van der Waals surface area contributed by atoms with Crippen LogP contribution in [0, 0.1) is 0 Å². The Kier molecular flexibility index (Phi) is 9.22. The van der Waals surface area contributed by atoms with Gasteiger partial charge in [0.15, 0.2) is 0 Å². The highest BCUT2D eigenvalue weighted by Crippen LogP contribution is 1.97. The second kappa shape index (κ2) is 6.27. The lowest BCUT2D eigenvalue weighted by molar-refractivity contribution is 0.254. The van der Waals surface area contributed by atoms with E-state index in [0.717, 1.165) is 12.8 Å². The number of hydrogen-bond acceptors (Lipinski definition) is 3. The maximum atomic E-state index is 8.42. The molecular weight excluding hydrogens is 110 g/mol. The first-order valence-corrected chi connectivity index (χ1v) is 2.65. The lowest BCUT2D eigenvalue weighted by Gasteiger charge is -1.94. The molecule has 2 nitrogen and oxygen atoms in total. The Bertz CT molecular complexity index is 32.9. The molecule has 1 atom stereocenters. The van der Waals surface area contributed by atoms with Crippen LogP contribution in [0.2, 0.25) is 0 Å². The van der Waals surface area contributed by atoms with Crippen molar-refractivity contribution in [3.8, 4) is 0 Å². The molecule has 0 aromatic heterocycles. The van der Waals surface area contributed by atoms with Crippen molar-refractivity contribution in [1.82, 2.24) is 6.15 Å². The molecule has 46 valence electrons. The van der Waals surface area contributed by atoms with Gasteiger partial charge in [-0.15, -0.1) is 12.6 Å². The van der Waals surface area contributed by atoms with Crippen LogP contribution in [0.25, 0.3) is 0 Å². The Labute approximate surface area is 49.9 Å². The van der Waals surface area contributed by atoms with E-state index in [9.17, 15) is 0 Å². The number of aliphatic hydroxyl groups excluding tert-OH is 1. The molecule has 0 bridgehead atoms. The normalized spacial score (nSPS) is 12.4. The van der Waals surface area contributed by atoms with E-state index in [-0.39, 0.29) is 6.15 Å². The fourth-order valence-electron chi connectivity index (χ4n) is 0.258. The molecule has 0 saturated heterocycles. The van der Waals surface area contributed by atoms with E-state index < -0.39 is 5.44 Å². The maximum Gasteiger partial charge on any atom is 0.0964 e. The van der Waals surface area contributed by atoms with E-state index in [0.29, 0.717) is 0 Å². The molecule has 0 saturated carbocycles. The summed E-state index contributed by atoms with van der Waals surface area (Å²) in [7, 11) is 0. The lowest BCUT2D eigenvalue weighted by atomic mass is 10.4. The number of hydrogen-bond donors (Lipinski definition) is 3. The van der Waals surface area contributed by atoms with E-state index in [4.69, 9.17) is 5.11 Å². The molecular formula is C4H13NOS. The van der Waals surface area contributed by atoms with Gasteiger partial charge in [0, 0.05) is 0 Å². The predicted molar refractivity (Wildman–Crippen MR) is 34.9 cm³/mol. The fraction of sp³-hybridized carbons (Fsp3) is 1.00. The van der Waals surface area contributed by atoms with Crippen LogP contribution in [0.3, 0.4) is 0 Å². The van der Waals surface area contributed by atoms with Crippen LogP contribution in [0.4, 0.5) is 0 Å². The highest BCUT2D eigenvalue weighted by atomic mass is 32.1. The molecule has 0 radical (unpaired) electrons. The summed E-state index contributed by atoms with van der Waals surface area (Å²) in [5.41, 5.74) is -0.407. The van der Waals surface area contributed by atoms with Gasteiger partial charge in [0.2, 0.25) is 0 Å². The summed E-state index contributed by atoms with van der Waals surface area (Å²) >= 11 is 3.73. The molecule has 0 aliphatic carbocycles. The molecule has 0 aliphatic rings. The SMILES string of the molecule is CCCC(O)S.N. The minimum absolute atomic E-state index is 0. The van der Waals surface area contributed by atoms with Gasteiger partial charge in [-0.25, -0.2) is 0 Å². The van der Waals surface area contributed by atoms with E-state index >= 15 is 0 Å². The van der Waals surface area contributed by atoms with Crippen LogP contribution in [0.15, 0.2) is 0 Å². The minimum atomic E-state index is -0.407. The highest BCUT2D eigenvalue weighted by molar-refractivity contribution is 7.80. The Morgan fingerprint density at radius 1 is 1.71 bits per heavy atom. The third kappa shape index (κ3) is 10.7. The van der Waals surface area contributed by atoms with Crippen LogP contribution in [0.5, 0.6) is 0 Å². The smallest absolute Gasteiger partial charge is 0.0964 e. The van der Waals surface area contributed by atoms with Crippen molar-refractivity contribution in [3.05, 3.63) is 0 Å². The standard InChI is InChI=1S/C4H10OS.H3N/c1-2-3-4(5)6;/h4-6H,2-3H2,1H3;1H3. The quantitative estimate of drug-likeness (QED) is 0.381. The first kappa shape index (κ1) is 10.3. The van der Waals surface area contributed by atoms with Crippen molar-refractivity contribution in [3.63, 3.8) is 0 Å². The largest absolute Gasteiger partial charge is 0.383 e. The van der Waals surface area contributed by atoms with Crippen molar-refractivity contribution < 1.29 is 5.11 Å². The molecule has 0 fully saturated rings. The third-order valence-electron chi connectivity index (χ3n) is 0.547. The second-order valence-electron chi connectivity index (χ2n) is 1.27. The molecule has 4 N–H and O–H groups in total. The van der Waals surface area contributed by atoms with Crippen LogP contribution in [0.1, 0.15) is 19.8 Å². The maximum absolute atomic E-state index is 8.42. The molecule has 0 aromatic carbocycles. The first-order valence-electron chi connectivity index (χ1n) is 2.13. The van der Waals surface area contributed by atoms with Crippen LogP contribution < -0.4 is 6.15 Å². The second-order valence-corrected chi connectivity index (χ2v) is 1.87. The Balaban J connectivity index is 0. The van der Waals surface area contributed by atoms with E-state index in [2.05, 4.69) is 12.6 Å². The lowest BCUT2D eigenvalue weighted by Crippen LogP contribution is -1.91. The van der Waals surface area contributed by atoms with E-state index in [1.54, 1.807) is 0 Å². The molecule has 0 amide bonds. The van der Waals surface area contributed by atoms with Crippen LogP contribution in [-0.2, 0) is 0 Å². The summed E-state index contributed by atoms with van der Waals surface area (Å²) < 4.78 is 0. The summed E-state index contributed by atoms with van der Waals surface area (Å²) in [6.07, 6.45) is 1.80. The third-order valence-corrected chi connectivity index (χ3v) is 0.805. The van der Waals surface area contributed by atoms with E-state index in [1.807, 2.05) is 6.92 Å². The van der Waals surface area contributed by atoms with Crippen molar-refractivity contribution in [1.29, 1.82) is 0 Å². The monoisotopic (exact) mass is 123 g/mol. The highest BCUT2D eigenvalue weighted by Gasteiger charge is 1.88. The average Bonchev–Trinajstić information content (AvgIpc) is 1.35. The van der Waals surface area contributed by atoms with Gasteiger partial charge in [-0.1, -0.05) is 13.3 Å². The fourth-order valence-corrected chi connectivity index (χ4v) is 0.516. The number of aliphatic hydroxyl groups is 1. The molecule has 7 heavy (non-hydrogen) atoms. The van der Waals surface area contributed by atoms with Gasteiger partial charge >= 0.3 is 0 Å². The number of rotatable bonds is 2. The zero-order chi connectivity index (χ0) is 4.99. The molecule has 0 heterocycles. The van der Waals surface area contributed by atoms with Gasteiger partial charge in [-0.05, 0) is 6.42 Å². The van der Waals surface area contributed by atoms with Gasteiger partial charge in [-0.2, -0.15) is 0 Å².